The third kappa shape index (κ3) is 2.45. The van der Waals surface area contributed by atoms with Crippen LogP contribution in [0.4, 0.5) is 0 Å². The Kier molecular flexibility index (Phi) is 3.75. The van der Waals surface area contributed by atoms with Crippen molar-refractivity contribution in [2.24, 2.45) is 0 Å². The fraction of sp³-hybridized carbons (Fsp3) is 0.500. The molecule has 1 aromatic heterocycles. The molecule has 0 aliphatic heterocycles. The van der Waals surface area contributed by atoms with E-state index in [1.807, 2.05) is 32.2 Å². The molecule has 0 saturated heterocycles. The first-order valence-electron chi connectivity index (χ1n) is 4.38. The highest BCUT2D eigenvalue weighted by atomic mass is 32.2. The van der Waals surface area contributed by atoms with Gasteiger partial charge in [0.05, 0.1) is 11.1 Å². The van der Waals surface area contributed by atoms with E-state index in [-0.39, 0.29) is 6.10 Å². The van der Waals surface area contributed by atoms with Gasteiger partial charge in [0, 0.05) is 11.3 Å². The second-order valence-electron chi connectivity index (χ2n) is 2.95. The van der Waals surface area contributed by atoms with Crippen LogP contribution >= 0.6 is 11.8 Å². The summed E-state index contributed by atoms with van der Waals surface area (Å²) < 4.78 is 0. The second kappa shape index (κ2) is 4.63. The van der Waals surface area contributed by atoms with E-state index in [0.29, 0.717) is 0 Å². The number of rotatable bonds is 3. The van der Waals surface area contributed by atoms with Gasteiger partial charge in [-0.1, -0.05) is 13.0 Å². The number of aliphatic hydroxyl groups excluding tert-OH is 1. The summed E-state index contributed by atoms with van der Waals surface area (Å²) in [5.41, 5.74) is 1.88. The van der Waals surface area contributed by atoms with Gasteiger partial charge in [-0.2, -0.15) is 0 Å². The average Bonchev–Trinajstić information content (AvgIpc) is 2.16. The minimum atomic E-state index is -0.372. The molecule has 0 saturated carbocycles. The predicted octanol–water partition coefficient (Wildman–Crippen LogP) is 2.56. The largest absolute Gasteiger partial charge is 0.388 e. The van der Waals surface area contributed by atoms with Crippen LogP contribution < -0.4 is 0 Å². The molecule has 2 nitrogen and oxygen atoms in total. The molecule has 0 spiro atoms. The normalized spacial score (nSPS) is 12.9. The fourth-order valence-electron chi connectivity index (χ4n) is 1.23. The molecule has 0 radical (unpaired) electrons. The first kappa shape index (κ1) is 10.5. The highest BCUT2D eigenvalue weighted by molar-refractivity contribution is 7.98. The average molecular weight is 197 g/mol. The molecule has 1 N–H and O–H groups in total. The molecule has 0 aliphatic carbocycles. The molecular weight excluding hydrogens is 182 g/mol. The number of aliphatic hydroxyl groups is 1. The summed E-state index contributed by atoms with van der Waals surface area (Å²) in [6.45, 7) is 3.90. The van der Waals surface area contributed by atoms with Crippen molar-refractivity contribution in [3.8, 4) is 0 Å². The Hall–Kier alpha value is -0.540. The van der Waals surface area contributed by atoms with Crippen LogP contribution in [0.5, 0.6) is 0 Å². The lowest BCUT2D eigenvalue weighted by atomic mass is 10.1. The molecule has 13 heavy (non-hydrogen) atoms. The topological polar surface area (TPSA) is 33.1 Å². The van der Waals surface area contributed by atoms with E-state index in [1.165, 1.54) is 0 Å². The van der Waals surface area contributed by atoms with Gasteiger partial charge in [0.2, 0.25) is 0 Å². The summed E-state index contributed by atoms with van der Waals surface area (Å²) in [5, 5.41) is 10.6. The van der Waals surface area contributed by atoms with Crippen molar-refractivity contribution in [1.29, 1.82) is 0 Å². The van der Waals surface area contributed by atoms with Crippen LogP contribution in [0, 0.1) is 6.92 Å². The Morgan fingerprint density at radius 1 is 1.54 bits per heavy atom. The van der Waals surface area contributed by atoms with Gasteiger partial charge in [-0.3, -0.25) is 0 Å². The molecule has 1 atom stereocenters. The maximum Gasteiger partial charge on any atom is 0.0960 e. The van der Waals surface area contributed by atoms with Crippen molar-refractivity contribution >= 4 is 11.8 Å². The van der Waals surface area contributed by atoms with Gasteiger partial charge in [-0.25, -0.2) is 4.98 Å². The van der Waals surface area contributed by atoms with E-state index in [0.717, 1.165) is 22.7 Å². The Balaban J connectivity index is 2.98. The maximum absolute atomic E-state index is 9.63. The smallest absolute Gasteiger partial charge is 0.0960 e. The molecule has 3 heteroatoms. The molecule has 72 valence electrons. The third-order valence-electron chi connectivity index (χ3n) is 2.06. The molecule has 1 aromatic rings. The molecule has 0 amide bonds. The molecule has 1 heterocycles. The third-order valence-corrected chi connectivity index (χ3v) is 2.70. The van der Waals surface area contributed by atoms with Gasteiger partial charge >= 0.3 is 0 Å². The van der Waals surface area contributed by atoms with Crippen LogP contribution in [0.2, 0.25) is 0 Å². The highest BCUT2D eigenvalue weighted by Gasteiger charge is 2.08. The van der Waals surface area contributed by atoms with Crippen LogP contribution in [-0.4, -0.2) is 16.3 Å². The number of aromatic nitrogens is 1. The van der Waals surface area contributed by atoms with Crippen LogP contribution in [-0.2, 0) is 0 Å². The van der Waals surface area contributed by atoms with Crippen molar-refractivity contribution in [1.82, 2.24) is 4.98 Å². The maximum atomic E-state index is 9.63. The van der Waals surface area contributed by atoms with Crippen molar-refractivity contribution < 1.29 is 5.11 Å². The predicted molar refractivity (Wildman–Crippen MR) is 56.0 cm³/mol. The van der Waals surface area contributed by atoms with Gasteiger partial charge in [0.25, 0.3) is 0 Å². The standard InChI is InChI=1S/C10H15NOS/c1-4-9(12)8-5-6-10(13-3)11-7(8)2/h5-6,9,12H,4H2,1-3H3/t9-/m0/s1. The van der Waals surface area contributed by atoms with E-state index in [4.69, 9.17) is 0 Å². The first-order valence-corrected chi connectivity index (χ1v) is 5.61. The lowest BCUT2D eigenvalue weighted by Gasteiger charge is -2.11. The van der Waals surface area contributed by atoms with E-state index in [9.17, 15) is 5.11 Å². The number of aryl methyl sites for hydroxylation is 1. The summed E-state index contributed by atoms with van der Waals surface area (Å²) in [7, 11) is 0. The molecule has 0 aliphatic rings. The van der Waals surface area contributed by atoms with Crippen LogP contribution in [0.25, 0.3) is 0 Å². The fourth-order valence-corrected chi connectivity index (χ4v) is 1.67. The minimum Gasteiger partial charge on any atom is -0.388 e. The quantitative estimate of drug-likeness (QED) is 0.756. The van der Waals surface area contributed by atoms with Gasteiger partial charge in [-0.05, 0) is 25.7 Å². The van der Waals surface area contributed by atoms with Crippen molar-refractivity contribution in [2.45, 2.75) is 31.4 Å². The van der Waals surface area contributed by atoms with E-state index in [1.54, 1.807) is 11.8 Å². The molecule has 0 unspecified atom stereocenters. The van der Waals surface area contributed by atoms with E-state index >= 15 is 0 Å². The van der Waals surface area contributed by atoms with E-state index < -0.39 is 0 Å². The second-order valence-corrected chi connectivity index (χ2v) is 3.78. The lowest BCUT2D eigenvalue weighted by molar-refractivity contribution is 0.172. The molecular formula is C10H15NOS. The Morgan fingerprint density at radius 3 is 2.69 bits per heavy atom. The van der Waals surface area contributed by atoms with Crippen LogP contribution in [0.1, 0.15) is 30.7 Å². The van der Waals surface area contributed by atoms with Crippen molar-refractivity contribution in [3.63, 3.8) is 0 Å². The highest BCUT2D eigenvalue weighted by Crippen LogP contribution is 2.21. The lowest BCUT2D eigenvalue weighted by Crippen LogP contribution is -2.00. The number of pyridine rings is 1. The summed E-state index contributed by atoms with van der Waals surface area (Å²) in [4.78, 5) is 4.36. The van der Waals surface area contributed by atoms with Crippen LogP contribution in [0.15, 0.2) is 17.2 Å². The zero-order valence-electron chi connectivity index (χ0n) is 8.24. The number of hydrogen-bond donors (Lipinski definition) is 1. The summed E-state index contributed by atoms with van der Waals surface area (Å²) in [5.74, 6) is 0. The van der Waals surface area contributed by atoms with Crippen molar-refractivity contribution in [3.05, 3.63) is 23.4 Å². The molecule has 0 bridgehead atoms. The number of nitrogens with zero attached hydrogens (tertiary/aromatic N) is 1. The monoisotopic (exact) mass is 197 g/mol. The number of thioether (sulfide) groups is 1. The number of hydrogen-bond acceptors (Lipinski definition) is 3. The zero-order valence-corrected chi connectivity index (χ0v) is 9.06. The molecule has 0 aromatic carbocycles. The van der Waals surface area contributed by atoms with Crippen LogP contribution in [0.3, 0.4) is 0 Å². The van der Waals surface area contributed by atoms with Gasteiger partial charge in [0.15, 0.2) is 0 Å². The van der Waals surface area contributed by atoms with Crippen molar-refractivity contribution in [2.75, 3.05) is 6.26 Å². The van der Waals surface area contributed by atoms with Gasteiger partial charge < -0.3 is 5.11 Å². The van der Waals surface area contributed by atoms with E-state index in [2.05, 4.69) is 4.98 Å². The summed E-state index contributed by atoms with van der Waals surface area (Å²) in [6.07, 6.45) is 2.36. The van der Waals surface area contributed by atoms with Gasteiger partial charge in [0.1, 0.15) is 0 Å². The van der Waals surface area contributed by atoms with Gasteiger partial charge in [-0.15, -0.1) is 11.8 Å². The summed E-state index contributed by atoms with van der Waals surface area (Å²) in [6, 6.07) is 3.91. The first-order chi connectivity index (χ1) is 6.19. The Bertz CT molecular complexity index is 288. The zero-order chi connectivity index (χ0) is 9.84. The Labute approximate surface area is 83.4 Å². The molecule has 1 rings (SSSR count). The SMILES string of the molecule is CC[C@H](O)c1ccc(SC)nc1C. The Morgan fingerprint density at radius 2 is 2.23 bits per heavy atom. The summed E-state index contributed by atoms with van der Waals surface area (Å²) >= 11 is 1.62. The molecule has 0 fully saturated rings. The minimum absolute atomic E-state index is 0.372.